The van der Waals surface area contributed by atoms with E-state index in [1.54, 1.807) is 0 Å². The highest BCUT2D eigenvalue weighted by atomic mass is 16.5. The first-order valence-corrected chi connectivity index (χ1v) is 8.42. The molecule has 0 atom stereocenters. The number of hydrogen-bond donors (Lipinski definition) is 0. The number of carbonyl (C=O) groups is 1. The molecule has 1 saturated heterocycles. The Morgan fingerprint density at radius 1 is 1.04 bits per heavy atom. The number of esters is 1. The molecule has 1 fully saturated rings. The monoisotopic (exact) mass is 323 g/mol. The van der Waals surface area contributed by atoms with Crippen molar-refractivity contribution in [2.75, 3.05) is 25.1 Å². The summed E-state index contributed by atoms with van der Waals surface area (Å²) in [6.45, 7) is 8.16. The number of ether oxygens (including phenoxy) is 1. The molecule has 0 aromatic heterocycles. The third kappa shape index (κ3) is 3.30. The molecule has 1 aliphatic heterocycles. The predicted molar refractivity (Wildman–Crippen MR) is 98.3 cm³/mol. The Morgan fingerprint density at radius 2 is 1.67 bits per heavy atom. The van der Waals surface area contributed by atoms with Crippen molar-refractivity contribution in [3.05, 3.63) is 54.1 Å². The van der Waals surface area contributed by atoms with Gasteiger partial charge in [0, 0.05) is 18.8 Å². The van der Waals surface area contributed by atoms with Gasteiger partial charge >= 0.3 is 5.97 Å². The number of anilines is 1. The second-order valence-corrected chi connectivity index (χ2v) is 7.51. The summed E-state index contributed by atoms with van der Waals surface area (Å²) in [4.78, 5) is 13.8. The fraction of sp³-hybridized carbons (Fsp3) is 0.381. The highest BCUT2D eigenvalue weighted by Gasteiger charge is 2.33. The average Bonchev–Trinajstić information content (AvgIpc) is 2.53. The van der Waals surface area contributed by atoms with E-state index in [1.165, 1.54) is 23.8 Å². The van der Waals surface area contributed by atoms with Gasteiger partial charge in [0.2, 0.25) is 0 Å². The minimum Gasteiger partial charge on any atom is -0.469 e. The Balaban J connectivity index is 1.81. The molecule has 126 valence electrons. The Kier molecular flexibility index (Phi) is 4.35. The minimum atomic E-state index is -0.111. The fourth-order valence-corrected chi connectivity index (χ4v) is 3.05. The van der Waals surface area contributed by atoms with Gasteiger partial charge in [-0.25, -0.2) is 0 Å². The SMILES string of the molecule is COC(=O)C1CN(c2cccc(-c3cccc(C(C)(C)C)c3)c2)C1. The van der Waals surface area contributed by atoms with Crippen LogP contribution in [-0.2, 0) is 14.9 Å². The first kappa shape index (κ1) is 16.6. The zero-order chi connectivity index (χ0) is 17.3. The molecule has 0 unspecified atom stereocenters. The molecule has 0 aliphatic carbocycles. The standard InChI is InChI=1S/C21H25NO2/c1-21(2,3)18-9-5-7-15(11-18)16-8-6-10-19(12-16)22-13-17(14-22)20(23)24-4/h5-12,17H,13-14H2,1-4H3. The predicted octanol–water partition coefficient (Wildman–Crippen LogP) is 4.26. The van der Waals surface area contributed by atoms with Gasteiger partial charge in [-0.1, -0.05) is 57.2 Å². The third-order valence-electron chi connectivity index (χ3n) is 4.69. The van der Waals surface area contributed by atoms with Crippen LogP contribution in [0.4, 0.5) is 5.69 Å². The Labute approximate surface area is 144 Å². The number of rotatable bonds is 3. The molecule has 2 aromatic carbocycles. The molecule has 3 nitrogen and oxygen atoms in total. The number of methoxy groups -OCH3 is 1. The van der Waals surface area contributed by atoms with E-state index in [4.69, 9.17) is 4.74 Å². The van der Waals surface area contributed by atoms with Gasteiger partial charge in [-0.3, -0.25) is 4.79 Å². The molecule has 0 saturated carbocycles. The van der Waals surface area contributed by atoms with Gasteiger partial charge < -0.3 is 9.64 Å². The van der Waals surface area contributed by atoms with Crippen molar-refractivity contribution in [3.63, 3.8) is 0 Å². The summed E-state index contributed by atoms with van der Waals surface area (Å²) in [5, 5.41) is 0. The molecule has 3 rings (SSSR count). The summed E-state index contributed by atoms with van der Waals surface area (Å²) in [5.74, 6) is -0.108. The number of nitrogens with zero attached hydrogens (tertiary/aromatic N) is 1. The van der Waals surface area contributed by atoms with Gasteiger partial charge in [0.1, 0.15) is 0 Å². The molecule has 1 heterocycles. The normalized spacial score (nSPS) is 15.1. The molecule has 0 spiro atoms. The van der Waals surface area contributed by atoms with E-state index in [2.05, 4.69) is 74.2 Å². The molecule has 0 amide bonds. The summed E-state index contributed by atoms with van der Waals surface area (Å²) >= 11 is 0. The zero-order valence-corrected chi connectivity index (χ0v) is 14.9. The fourth-order valence-electron chi connectivity index (χ4n) is 3.05. The first-order valence-electron chi connectivity index (χ1n) is 8.42. The Bertz CT molecular complexity index is 739. The first-order chi connectivity index (χ1) is 11.4. The van der Waals surface area contributed by atoms with E-state index in [0.717, 1.165) is 18.8 Å². The van der Waals surface area contributed by atoms with Gasteiger partial charge in [-0.2, -0.15) is 0 Å². The van der Waals surface area contributed by atoms with Crippen molar-refractivity contribution in [2.24, 2.45) is 5.92 Å². The van der Waals surface area contributed by atoms with Gasteiger partial charge in [0.25, 0.3) is 0 Å². The molecule has 3 heteroatoms. The Morgan fingerprint density at radius 3 is 2.29 bits per heavy atom. The van der Waals surface area contributed by atoms with Crippen molar-refractivity contribution in [3.8, 4) is 11.1 Å². The van der Waals surface area contributed by atoms with E-state index in [1.807, 2.05) is 0 Å². The molecule has 0 N–H and O–H groups in total. The number of benzene rings is 2. The van der Waals surface area contributed by atoms with Crippen molar-refractivity contribution in [2.45, 2.75) is 26.2 Å². The van der Waals surface area contributed by atoms with Gasteiger partial charge in [-0.05, 0) is 34.2 Å². The van der Waals surface area contributed by atoms with E-state index < -0.39 is 0 Å². The van der Waals surface area contributed by atoms with Crippen molar-refractivity contribution < 1.29 is 9.53 Å². The average molecular weight is 323 g/mol. The molecule has 0 radical (unpaired) electrons. The van der Waals surface area contributed by atoms with Crippen LogP contribution in [0.1, 0.15) is 26.3 Å². The topological polar surface area (TPSA) is 29.5 Å². The highest BCUT2D eigenvalue weighted by molar-refractivity contribution is 5.77. The summed E-state index contributed by atoms with van der Waals surface area (Å²) in [5.41, 5.74) is 5.07. The molecule has 0 bridgehead atoms. The van der Waals surface area contributed by atoms with Crippen molar-refractivity contribution >= 4 is 11.7 Å². The lowest BCUT2D eigenvalue weighted by molar-refractivity contribution is -0.146. The Hall–Kier alpha value is -2.29. The maximum absolute atomic E-state index is 11.5. The van der Waals surface area contributed by atoms with Crippen LogP contribution in [0.25, 0.3) is 11.1 Å². The molecule has 1 aliphatic rings. The van der Waals surface area contributed by atoms with E-state index in [0.29, 0.717) is 0 Å². The molecular weight excluding hydrogens is 298 g/mol. The van der Waals surface area contributed by atoms with Crippen molar-refractivity contribution in [1.29, 1.82) is 0 Å². The largest absolute Gasteiger partial charge is 0.469 e. The van der Waals surface area contributed by atoms with Gasteiger partial charge in [0.05, 0.1) is 13.0 Å². The van der Waals surface area contributed by atoms with Crippen LogP contribution in [0.2, 0.25) is 0 Å². The number of carbonyl (C=O) groups excluding carboxylic acids is 1. The van der Waals surface area contributed by atoms with Crippen LogP contribution in [0.3, 0.4) is 0 Å². The van der Waals surface area contributed by atoms with Crippen LogP contribution in [-0.4, -0.2) is 26.2 Å². The van der Waals surface area contributed by atoms with Crippen molar-refractivity contribution in [1.82, 2.24) is 0 Å². The van der Waals surface area contributed by atoms with Crippen LogP contribution in [0, 0.1) is 5.92 Å². The second-order valence-electron chi connectivity index (χ2n) is 7.51. The quantitative estimate of drug-likeness (QED) is 0.791. The smallest absolute Gasteiger partial charge is 0.312 e. The van der Waals surface area contributed by atoms with E-state index >= 15 is 0 Å². The van der Waals surface area contributed by atoms with Crippen LogP contribution in [0.5, 0.6) is 0 Å². The van der Waals surface area contributed by atoms with Gasteiger partial charge in [-0.15, -0.1) is 0 Å². The van der Waals surface area contributed by atoms with E-state index in [-0.39, 0.29) is 17.3 Å². The maximum atomic E-state index is 11.5. The summed E-state index contributed by atoms with van der Waals surface area (Å²) in [6, 6.07) is 17.3. The second kappa shape index (κ2) is 6.31. The summed E-state index contributed by atoms with van der Waals surface area (Å²) in [6.07, 6.45) is 0. The van der Waals surface area contributed by atoms with E-state index in [9.17, 15) is 4.79 Å². The van der Waals surface area contributed by atoms with Crippen LogP contribution >= 0.6 is 0 Å². The highest BCUT2D eigenvalue weighted by Crippen LogP contribution is 2.31. The van der Waals surface area contributed by atoms with Crippen LogP contribution < -0.4 is 4.90 Å². The minimum absolute atomic E-state index is 0.00266. The maximum Gasteiger partial charge on any atom is 0.312 e. The molecular formula is C21H25NO2. The zero-order valence-electron chi connectivity index (χ0n) is 14.9. The third-order valence-corrected chi connectivity index (χ3v) is 4.69. The molecule has 2 aromatic rings. The lowest BCUT2D eigenvalue weighted by Crippen LogP contribution is -2.50. The summed E-state index contributed by atoms with van der Waals surface area (Å²) < 4.78 is 4.81. The summed E-state index contributed by atoms with van der Waals surface area (Å²) in [7, 11) is 1.45. The lowest BCUT2D eigenvalue weighted by Gasteiger charge is -2.39. The van der Waals surface area contributed by atoms with Crippen LogP contribution in [0.15, 0.2) is 48.5 Å². The number of hydrogen-bond acceptors (Lipinski definition) is 3. The molecule has 24 heavy (non-hydrogen) atoms. The van der Waals surface area contributed by atoms with Gasteiger partial charge in [0.15, 0.2) is 0 Å². The lowest BCUT2D eigenvalue weighted by atomic mass is 9.85.